The van der Waals surface area contributed by atoms with E-state index in [4.69, 9.17) is 19.5 Å². The van der Waals surface area contributed by atoms with Crippen LogP contribution >= 0.6 is 0 Å². The summed E-state index contributed by atoms with van der Waals surface area (Å²) in [4.78, 5) is 12.0. The van der Waals surface area contributed by atoms with Gasteiger partial charge in [0.1, 0.15) is 5.75 Å². The average molecular weight is 325 g/mol. The number of nitrogens with zero attached hydrogens (tertiary/aromatic N) is 1. The van der Waals surface area contributed by atoms with E-state index in [2.05, 4.69) is 0 Å². The Labute approximate surface area is 141 Å². The number of carbonyl (C=O) groups is 1. The smallest absolute Gasteiger partial charge is 0.349 e. The zero-order valence-corrected chi connectivity index (χ0v) is 14.0. The van der Waals surface area contributed by atoms with Crippen LogP contribution in [-0.4, -0.2) is 19.2 Å². The molecular weight excluding hydrogens is 306 g/mol. The standard InChI is InChI=1S/C19H19NO4/c1-4-22-18-10-15(11-20)7-8-16(18)24-19(21)12-23-17-9-13(2)5-6-14(17)3/h5-10H,4,12H2,1-3H3. The van der Waals surface area contributed by atoms with Gasteiger partial charge in [-0.15, -0.1) is 0 Å². The molecule has 0 saturated heterocycles. The Balaban J connectivity index is 2.04. The van der Waals surface area contributed by atoms with Crippen molar-refractivity contribution in [3.63, 3.8) is 0 Å². The Morgan fingerprint density at radius 3 is 2.54 bits per heavy atom. The SMILES string of the molecule is CCOc1cc(C#N)ccc1OC(=O)COc1cc(C)ccc1C. The third-order valence-electron chi connectivity index (χ3n) is 3.29. The summed E-state index contributed by atoms with van der Waals surface area (Å²) in [6, 6.07) is 12.4. The first kappa shape index (κ1) is 17.4. The number of esters is 1. The molecule has 0 saturated carbocycles. The molecule has 0 aliphatic heterocycles. The maximum atomic E-state index is 12.0. The topological polar surface area (TPSA) is 68.5 Å². The van der Waals surface area contributed by atoms with E-state index in [0.29, 0.717) is 23.7 Å². The summed E-state index contributed by atoms with van der Waals surface area (Å²) in [6.07, 6.45) is 0. The lowest BCUT2D eigenvalue weighted by Crippen LogP contribution is -2.18. The fourth-order valence-electron chi connectivity index (χ4n) is 2.08. The van der Waals surface area contributed by atoms with Gasteiger partial charge in [0.2, 0.25) is 0 Å². The molecule has 0 fully saturated rings. The van der Waals surface area contributed by atoms with E-state index >= 15 is 0 Å². The van der Waals surface area contributed by atoms with Gasteiger partial charge in [-0.2, -0.15) is 5.26 Å². The van der Waals surface area contributed by atoms with Gasteiger partial charge in [-0.05, 0) is 50.1 Å². The zero-order valence-electron chi connectivity index (χ0n) is 14.0. The first-order valence-electron chi connectivity index (χ1n) is 7.61. The minimum absolute atomic E-state index is 0.212. The number of hydrogen-bond donors (Lipinski definition) is 0. The number of aryl methyl sites for hydroxylation is 2. The van der Waals surface area contributed by atoms with Crippen molar-refractivity contribution in [2.45, 2.75) is 20.8 Å². The highest BCUT2D eigenvalue weighted by Gasteiger charge is 2.13. The van der Waals surface area contributed by atoms with E-state index in [-0.39, 0.29) is 12.4 Å². The van der Waals surface area contributed by atoms with Crippen molar-refractivity contribution < 1.29 is 19.0 Å². The Hall–Kier alpha value is -3.00. The number of carbonyl (C=O) groups excluding carboxylic acids is 1. The Morgan fingerprint density at radius 1 is 1.04 bits per heavy atom. The summed E-state index contributed by atoms with van der Waals surface area (Å²) in [7, 11) is 0. The van der Waals surface area contributed by atoms with Crippen LogP contribution in [0.3, 0.4) is 0 Å². The van der Waals surface area contributed by atoms with Crippen molar-refractivity contribution in [2.75, 3.05) is 13.2 Å². The van der Waals surface area contributed by atoms with E-state index in [0.717, 1.165) is 11.1 Å². The van der Waals surface area contributed by atoms with E-state index in [1.807, 2.05) is 45.0 Å². The van der Waals surface area contributed by atoms with Crippen LogP contribution in [0.15, 0.2) is 36.4 Å². The fourth-order valence-corrected chi connectivity index (χ4v) is 2.08. The average Bonchev–Trinajstić information content (AvgIpc) is 2.57. The van der Waals surface area contributed by atoms with Gasteiger partial charge in [0.05, 0.1) is 18.2 Å². The van der Waals surface area contributed by atoms with E-state index < -0.39 is 5.97 Å². The van der Waals surface area contributed by atoms with Crippen LogP contribution in [0.5, 0.6) is 17.2 Å². The second kappa shape index (κ2) is 8.02. The first-order chi connectivity index (χ1) is 11.5. The van der Waals surface area contributed by atoms with Gasteiger partial charge >= 0.3 is 5.97 Å². The van der Waals surface area contributed by atoms with Gasteiger partial charge in [-0.1, -0.05) is 12.1 Å². The maximum Gasteiger partial charge on any atom is 0.349 e. The summed E-state index contributed by atoms with van der Waals surface area (Å²) >= 11 is 0. The highest BCUT2D eigenvalue weighted by molar-refractivity contribution is 5.75. The summed E-state index contributed by atoms with van der Waals surface area (Å²) in [5.74, 6) is 0.737. The Bertz CT molecular complexity index is 777. The number of nitriles is 1. The van der Waals surface area contributed by atoms with E-state index in [1.54, 1.807) is 12.1 Å². The summed E-state index contributed by atoms with van der Waals surface area (Å²) in [5.41, 5.74) is 2.43. The van der Waals surface area contributed by atoms with Crippen molar-refractivity contribution >= 4 is 5.97 Å². The van der Waals surface area contributed by atoms with Gasteiger partial charge < -0.3 is 14.2 Å². The summed E-state index contributed by atoms with van der Waals surface area (Å²) < 4.78 is 16.2. The molecule has 5 nitrogen and oxygen atoms in total. The van der Waals surface area contributed by atoms with Gasteiger partial charge in [0.15, 0.2) is 18.1 Å². The van der Waals surface area contributed by atoms with Crippen LogP contribution in [0.4, 0.5) is 0 Å². The molecule has 2 aromatic carbocycles. The van der Waals surface area contributed by atoms with Crippen molar-refractivity contribution in [2.24, 2.45) is 0 Å². The molecule has 2 aromatic rings. The fraction of sp³-hybridized carbons (Fsp3) is 0.263. The molecule has 124 valence electrons. The lowest BCUT2D eigenvalue weighted by Gasteiger charge is -2.12. The van der Waals surface area contributed by atoms with Crippen LogP contribution < -0.4 is 14.2 Å². The Morgan fingerprint density at radius 2 is 1.83 bits per heavy atom. The van der Waals surface area contributed by atoms with Crippen LogP contribution in [-0.2, 0) is 4.79 Å². The van der Waals surface area contributed by atoms with Crippen molar-refractivity contribution in [3.05, 3.63) is 53.1 Å². The molecule has 0 unspecified atom stereocenters. The molecule has 0 radical (unpaired) electrons. The third kappa shape index (κ3) is 4.50. The molecule has 5 heteroatoms. The second-order valence-electron chi connectivity index (χ2n) is 5.24. The molecule has 0 heterocycles. The van der Waals surface area contributed by atoms with Gasteiger partial charge in [0.25, 0.3) is 0 Å². The van der Waals surface area contributed by atoms with Crippen LogP contribution in [0.2, 0.25) is 0 Å². The van der Waals surface area contributed by atoms with Crippen LogP contribution in [0.25, 0.3) is 0 Å². The molecule has 0 aromatic heterocycles. The predicted octanol–water partition coefficient (Wildman–Crippen LogP) is 3.56. The lowest BCUT2D eigenvalue weighted by molar-refractivity contribution is -0.136. The molecule has 0 spiro atoms. The molecule has 2 rings (SSSR count). The minimum Gasteiger partial charge on any atom is -0.490 e. The Kier molecular flexibility index (Phi) is 5.80. The number of rotatable bonds is 6. The number of hydrogen-bond acceptors (Lipinski definition) is 5. The van der Waals surface area contributed by atoms with Crippen molar-refractivity contribution in [1.82, 2.24) is 0 Å². The largest absolute Gasteiger partial charge is 0.490 e. The molecule has 0 atom stereocenters. The van der Waals surface area contributed by atoms with Crippen LogP contribution in [0.1, 0.15) is 23.6 Å². The predicted molar refractivity (Wildman–Crippen MR) is 89.4 cm³/mol. The van der Waals surface area contributed by atoms with Crippen molar-refractivity contribution in [3.8, 4) is 23.3 Å². The molecular formula is C19H19NO4. The molecule has 24 heavy (non-hydrogen) atoms. The van der Waals surface area contributed by atoms with E-state index in [1.165, 1.54) is 6.07 Å². The maximum absolute atomic E-state index is 12.0. The number of ether oxygens (including phenoxy) is 3. The van der Waals surface area contributed by atoms with Gasteiger partial charge in [-0.25, -0.2) is 4.79 Å². The van der Waals surface area contributed by atoms with Gasteiger partial charge in [0, 0.05) is 6.07 Å². The first-order valence-corrected chi connectivity index (χ1v) is 7.61. The summed E-state index contributed by atoms with van der Waals surface area (Å²) in [6.45, 7) is 5.87. The minimum atomic E-state index is -0.540. The lowest BCUT2D eigenvalue weighted by atomic mass is 10.1. The molecule has 0 N–H and O–H groups in total. The molecule has 0 aliphatic carbocycles. The monoisotopic (exact) mass is 325 g/mol. The highest BCUT2D eigenvalue weighted by Crippen LogP contribution is 2.28. The quantitative estimate of drug-likeness (QED) is 0.600. The van der Waals surface area contributed by atoms with Crippen LogP contribution in [0, 0.1) is 25.2 Å². The third-order valence-corrected chi connectivity index (χ3v) is 3.29. The highest BCUT2D eigenvalue weighted by atomic mass is 16.6. The zero-order chi connectivity index (χ0) is 17.5. The second-order valence-corrected chi connectivity index (χ2v) is 5.24. The normalized spacial score (nSPS) is 9.92. The molecule has 0 aliphatic rings. The van der Waals surface area contributed by atoms with E-state index in [9.17, 15) is 4.79 Å². The summed E-state index contributed by atoms with van der Waals surface area (Å²) in [5, 5.41) is 8.93. The van der Waals surface area contributed by atoms with Gasteiger partial charge in [-0.3, -0.25) is 0 Å². The molecule has 0 bridgehead atoms. The molecule has 0 amide bonds. The van der Waals surface area contributed by atoms with Crippen molar-refractivity contribution in [1.29, 1.82) is 5.26 Å². The number of benzene rings is 2.